The second-order valence-corrected chi connectivity index (χ2v) is 5.39. The summed E-state index contributed by atoms with van der Waals surface area (Å²) in [6.45, 7) is 6.32. The molecule has 2 rings (SSSR count). The summed E-state index contributed by atoms with van der Waals surface area (Å²) in [5, 5.41) is 7.73. The van der Waals surface area contributed by atoms with Gasteiger partial charge < -0.3 is 15.2 Å². The standard InChI is InChI=1S/C16H22N4O3/c1-4-5-10-22-13-8-6-12(7-9-13)20-15(17)14(18-19-20)16(21)23-11(2)3/h6-9,11H,4-5,10,17H2,1-3H3. The second kappa shape index (κ2) is 7.62. The van der Waals surface area contributed by atoms with Gasteiger partial charge in [0.1, 0.15) is 5.75 Å². The summed E-state index contributed by atoms with van der Waals surface area (Å²) in [7, 11) is 0. The molecule has 0 aliphatic rings. The molecule has 7 nitrogen and oxygen atoms in total. The normalized spacial score (nSPS) is 10.8. The van der Waals surface area contributed by atoms with Crippen molar-refractivity contribution >= 4 is 11.8 Å². The number of carbonyl (C=O) groups is 1. The van der Waals surface area contributed by atoms with Crippen molar-refractivity contribution in [3.05, 3.63) is 30.0 Å². The Morgan fingerprint density at radius 3 is 2.61 bits per heavy atom. The Hall–Kier alpha value is -2.57. The number of nitrogens with zero attached hydrogens (tertiary/aromatic N) is 3. The lowest BCUT2D eigenvalue weighted by atomic mass is 10.3. The zero-order valence-corrected chi connectivity index (χ0v) is 13.7. The lowest BCUT2D eigenvalue weighted by Crippen LogP contribution is -2.14. The van der Waals surface area contributed by atoms with Crippen LogP contribution in [-0.4, -0.2) is 33.7 Å². The van der Waals surface area contributed by atoms with Crippen LogP contribution in [0.1, 0.15) is 44.1 Å². The SMILES string of the molecule is CCCCOc1ccc(-n2nnc(C(=O)OC(C)C)c2N)cc1. The summed E-state index contributed by atoms with van der Waals surface area (Å²) < 4.78 is 12.1. The molecule has 7 heteroatoms. The summed E-state index contributed by atoms with van der Waals surface area (Å²) in [6, 6.07) is 7.28. The van der Waals surface area contributed by atoms with Crippen LogP contribution in [0.2, 0.25) is 0 Å². The number of nitrogens with two attached hydrogens (primary N) is 1. The Morgan fingerprint density at radius 2 is 2.00 bits per heavy atom. The maximum atomic E-state index is 11.9. The first-order valence-electron chi connectivity index (χ1n) is 7.68. The number of aromatic nitrogens is 3. The molecule has 0 aliphatic carbocycles. The average Bonchev–Trinajstić information content (AvgIpc) is 2.89. The van der Waals surface area contributed by atoms with Crippen LogP contribution < -0.4 is 10.5 Å². The zero-order chi connectivity index (χ0) is 16.8. The maximum absolute atomic E-state index is 11.9. The molecule has 0 radical (unpaired) electrons. The molecule has 2 aromatic rings. The quantitative estimate of drug-likeness (QED) is 0.623. The predicted molar refractivity (Wildman–Crippen MR) is 86.7 cm³/mol. The number of rotatable bonds is 7. The number of benzene rings is 1. The third kappa shape index (κ3) is 4.21. The van der Waals surface area contributed by atoms with E-state index in [1.54, 1.807) is 13.8 Å². The molecule has 0 bridgehead atoms. The first-order valence-corrected chi connectivity index (χ1v) is 7.68. The van der Waals surface area contributed by atoms with E-state index >= 15 is 0 Å². The van der Waals surface area contributed by atoms with Crippen molar-refractivity contribution in [2.24, 2.45) is 0 Å². The molecule has 0 aliphatic heterocycles. The molecular formula is C16H22N4O3. The summed E-state index contributed by atoms with van der Waals surface area (Å²) >= 11 is 0. The number of hydrogen-bond donors (Lipinski definition) is 1. The minimum Gasteiger partial charge on any atom is -0.494 e. The average molecular weight is 318 g/mol. The van der Waals surface area contributed by atoms with E-state index in [1.807, 2.05) is 24.3 Å². The largest absolute Gasteiger partial charge is 0.494 e. The predicted octanol–water partition coefficient (Wildman–Crippen LogP) is 2.59. The van der Waals surface area contributed by atoms with Gasteiger partial charge in [-0.2, -0.15) is 4.68 Å². The van der Waals surface area contributed by atoms with Crippen molar-refractivity contribution in [3.8, 4) is 11.4 Å². The Morgan fingerprint density at radius 1 is 1.30 bits per heavy atom. The molecule has 1 heterocycles. The fourth-order valence-electron chi connectivity index (χ4n) is 1.91. The molecule has 0 saturated carbocycles. The minimum atomic E-state index is -0.580. The smallest absolute Gasteiger partial charge is 0.363 e. The maximum Gasteiger partial charge on any atom is 0.363 e. The number of nitrogen functional groups attached to an aromatic ring is 1. The molecule has 0 saturated heterocycles. The summed E-state index contributed by atoms with van der Waals surface area (Å²) in [5.74, 6) is 0.346. The van der Waals surface area contributed by atoms with E-state index in [9.17, 15) is 4.79 Å². The summed E-state index contributed by atoms with van der Waals surface area (Å²) in [5.41, 5.74) is 6.67. The Labute approximate surface area is 135 Å². The molecule has 0 fully saturated rings. The van der Waals surface area contributed by atoms with Gasteiger partial charge in [-0.25, -0.2) is 4.79 Å². The highest BCUT2D eigenvalue weighted by atomic mass is 16.5. The fourth-order valence-corrected chi connectivity index (χ4v) is 1.91. The van der Waals surface area contributed by atoms with E-state index in [-0.39, 0.29) is 17.6 Å². The molecule has 0 atom stereocenters. The monoisotopic (exact) mass is 318 g/mol. The van der Waals surface area contributed by atoms with E-state index in [0.29, 0.717) is 12.3 Å². The van der Waals surface area contributed by atoms with Gasteiger partial charge in [-0.05, 0) is 44.5 Å². The molecule has 0 unspecified atom stereocenters. The van der Waals surface area contributed by atoms with Crippen LogP contribution >= 0.6 is 0 Å². The van der Waals surface area contributed by atoms with Gasteiger partial charge in [0.2, 0.25) is 5.69 Å². The Bertz CT molecular complexity index is 650. The molecule has 0 amide bonds. The topological polar surface area (TPSA) is 92.3 Å². The zero-order valence-electron chi connectivity index (χ0n) is 13.7. The van der Waals surface area contributed by atoms with Gasteiger partial charge in [0, 0.05) is 0 Å². The Balaban J connectivity index is 2.13. The first kappa shape index (κ1) is 16.8. The van der Waals surface area contributed by atoms with Gasteiger partial charge in [0.25, 0.3) is 0 Å². The second-order valence-electron chi connectivity index (χ2n) is 5.39. The fraction of sp³-hybridized carbons (Fsp3) is 0.438. The van der Waals surface area contributed by atoms with E-state index in [1.165, 1.54) is 4.68 Å². The van der Waals surface area contributed by atoms with Crippen LogP contribution in [0.5, 0.6) is 5.75 Å². The number of unbranched alkanes of at least 4 members (excludes halogenated alkanes) is 1. The van der Waals surface area contributed by atoms with Crippen molar-refractivity contribution < 1.29 is 14.3 Å². The number of esters is 1. The van der Waals surface area contributed by atoms with E-state index in [0.717, 1.165) is 18.6 Å². The number of carbonyl (C=O) groups excluding carboxylic acids is 1. The van der Waals surface area contributed by atoms with E-state index in [2.05, 4.69) is 17.2 Å². The van der Waals surface area contributed by atoms with Crippen molar-refractivity contribution in [2.45, 2.75) is 39.7 Å². The van der Waals surface area contributed by atoms with Crippen LogP contribution in [0.4, 0.5) is 5.82 Å². The van der Waals surface area contributed by atoms with E-state index < -0.39 is 5.97 Å². The van der Waals surface area contributed by atoms with Crippen LogP contribution in [0.15, 0.2) is 24.3 Å². The van der Waals surface area contributed by atoms with Gasteiger partial charge in [0.15, 0.2) is 5.82 Å². The highest BCUT2D eigenvalue weighted by molar-refractivity contribution is 5.92. The van der Waals surface area contributed by atoms with Gasteiger partial charge in [-0.1, -0.05) is 18.6 Å². The van der Waals surface area contributed by atoms with Crippen LogP contribution in [0.25, 0.3) is 5.69 Å². The van der Waals surface area contributed by atoms with E-state index in [4.69, 9.17) is 15.2 Å². The molecule has 124 valence electrons. The van der Waals surface area contributed by atoms with Gasteiger partial charge in [0.05, 0.1) is 18.4 Å². The van der Waals surface area contributed by atoms with Crippen molar-refractivity contribution in [1.29, 1.82) is 0 Å². The van der Waals surface area contributed by atoms with Gasteiger partial charge in [-0.3, -0.25) is 0 Å². The van der Waals surface area contributed by atoms with Gasteiger partial charge in [-0.15, -0.1) is 5.10 Å². The third-order valence-corrected chi connectivity index (χ3v) is 3.09. The van der Waals surface area contributed by atoms with Crippen molar-refractivity contribution in [2.75, 3.05) is 12.3 Å². The van der Waals surface area contributed by atoms with Crippen LogP contribution in [0.3, 0.4) is 0 Å². The third-order valence-electron chi connectivity index (χ3n) is 3.09. The van der Waals surface area contributed by atoms with Gasteiger partial charge >= 0.3 is 5.97 Å². The van der Waals surface area contributed by atoms with Crippen molar-refractivity contribution in [3.63, 3.8) is 0 Å². The number of anilines is 1. The summed E-state index contributed by atoms with van der Waals surface area (Å²) in [6.07, 6.45) is 1.86. The molecule has 0 spiro atoms. The van der Waals surface area contributed by atoms with Crippen LogP contribution in [-0.2, 0) is 4.74 Å². The minimum absolute atomic E-state index is 0.0157. The highest BCUT2D eigenvalue weighted by Crippen LogP contribution is 2.19. The molecule has 1 aromatic heterocycles. The molecule has 23 heavy (non-hydrogen) atoms. The molecule has 1 aromatic carbocycles. The lowest BCUT2D eigenvalue weighted by Gasteiger charge is -2.08. The molecular weight excluding hydrogens is 296 g/mol. The first-order chi connectivity index (χ1) is 11.0. The number of ether oxygens (including phenoxy) is 2. The highest BCUT2D eigenvalue weighted by Gasteiger charge is 2.20. The van der Waals surface area contributed by atoms with Crippen LogP contribution in [0, 0.1) is 0 Å². The number of hydrogen-bond acceptors (Lipinski definition) is 6. The molecule has 2 N–H and O–H groups in total. The lowest BCUT2D eigenvalue weighted by molar-refractivity contribution is 0.0372. The Kier molecular flexibility index (Phi) is 5.56. The summed E-state index contributed by atoms with van der Waals surface area (Å²) in [4.78, 5) is 11.9. The van der Waals surface area contributed by atoms with Crippen molar-refractivity contribution in [1.82, 2.24) is 15.0 Å².